The molecule has 8 heteroatoms. The Bertz CT molecular complexity index is 428. The molecular weight excluding hydrogens is 251 g/mol. The summed E-state index contributed by atoms with van der Waals surface area (Å²) in [6, 6.07) is 1.50. The number of carbonyl (C=O) groups is 1. The van der Waals surface area contributed by atoms with Crippen LogP contribution in [0.1, 0.15) is 23.1 Å². The molecule has 0 saturated carbocycles. The maximum atomic E-state index is 12.0. The lowest BCUT2D eigenvalue weighted by Crippen LogP contribution is -2.41. The first kappa shape index (κ1) is 14.5. The number of aliphatic hydroxyl groups excluding tert-OH is 1. The van der Waals surface area contributed by atoms with Gasteiger partial charge in [0.1, 0.15) is 5.69 Å². The number of aromatic nitrogens is 2. The van der Waals surface area contributed by atoms with Crippen LogP contribution in [0.15, 0.2) is 6.07 Å². The summed E-state index contributed by atoms with van der Waals surface area (Å²) in [5.74, 6) is -0.701. The quantitative estimate of drug-likeness (QED) is 0.839. The van der Waals surface area contributed by atoms with Crippen molar-refractivity contribution in [1.29, 1.82) is 0 Å². The Hall–Kier alpha value is -1.57. The number of hydrogen-bond donors (Lipinski definition) is 2. The monoisotopic (exact) mass is 265 g/mol. The van der Waals surface area contributed by atoms with Crippen LogP contribution in [0.2, 0.25) is 0 Å². The van der Waals surface area contributed by atoms with Crippen LogP contribution in [0.4, 0.5) is 13.2 Å². The SMILES string of the molecule is CCc1cc(C(=O)NCC(O)C(F)(F)F)n(C)n1. The van der Waals surface area contributed by atoms with Gasteiger partial charge in [-0.05, 0) is 12.5 Å². The summed E-state index contributed by atoms with van der Waals surface area (Å²) < 4.78 is 37.3. The van der Waals surface area contributed by atoms with Gasteiger partial charge >= 0.3 is 6.18 Å². The van der Waals surface area contributed by atoms with Crippen molar-refractivity contribution in [3.63, 3.8) is 0 Å². The van der Waals surface area contributed by atoms with E-state index >= 15 is 0 Å². The van der Waals surface area contributed by atoms with Crippen LogP contribution < -0.4 is 5.32 Å². The van der Waals surface area contributed by atoms with E-state index in [-0.39, 0.29) is 5.69 Å². The maximum Gasteiger partial charge on any atom is 0.416 e. The van der Waals surface area contributed by atoms with Crippen molar-refractivity contribution in [2.75, 3.05) is 6.54 Å². The van der Waals surface area contributed by atoms with Crippen molar-refractivity contribution in [3.05, 3.63) is 17.5 Å². The highest BCUT2D eigenvalue weighted by Crippen LogP contribution is 2.19. The molecule has 0 fully saturated rings. The molecule has 18 heavy (non-hydrogen) atoms. The molecule has 1 atom stereocenters. The van der Waals surface area contributed by atoms with Crippen molar-refractivity contribution in [3.8, 4) is 0 Å². The zero-order valence-corrected chi connectivity index (χ0v) is 9.95. The van der Waals surface area contributed by atoms with Gasteiger partial charge in [-0.2, -0.15) is 18.3 Å². The number of aryl methyl sites for hydroxylation is 2. The standard InChI is InChI=1S/C10H14F3N3O2/c1-3-6-4-7(16(2)15-6)9(18)14-5-8(17)10(11,12)13/h4,8,17H,3,5H2,1-2H3,(H,14,18). The molecule has 0 aromatic carbocycles. The molecule has 102 valence electrons. The van der Waals surface area contributed by atoms with Crippen molar-refractivity contribution < 1.29 is 23.1 Å². The number of nitrogens with zero attached hydrogens (tertiary/aromatic N) is 2. The number of hydrogen-bond acceptors (Lipinski definition) is 3. The number of carbonyl (C=O) groups excluding carboxylic acids is 1. The topological polar surface area (TPSA) is 67.2 Å². The molecule has 1 aromatic heterocycles. The summed E-state index contributed by atoms with van der Waals surface area (Å²) in [6.07, 6.45) is -6.69. The molecule has 1 aromatic rings. The van der Waals surface area contributed by atoms with Gasteiger partial charge in [-0.3, -0.25) is 9.48 Å². The van der Waals surface area contributed by atoms with Crippen molar-refractivity contribution in [2.24, 2.45) is 7.05 Å². The minimum absolute atomic E-state index is 0.154. The van der Waals surface area contributed by atoms with Crippen molar-refractivity contribution >= 4 is 5.91 Å². The zero-order valence-electron chi connectivity index (χ0n) is 9.95. The number of nitrogens with one attached hydrogen (secondary N) is 1. The van der Waals surface area contributed by atoms with Crippen LogP contribution in [0.25, 0.3) is 0 Å². The predicted octanol–water partition coefficient (Wildman–Crippen LogP) is 0.635. The fraction of sp³-hybridized carbons (Fsp3) is 0.600. The van der Waals surface area contributed by atoms with Gasteiger partial charge in [0.15, 0.2) is 6.10 Å². The Labute approximate surface area is 102 Å². The lowest BCUT2D eigenvalue weighted by atomic mass is 10.3. The minimum atomic E-state index is -4.74. The van der Waals surface area contributed by atoms with Gasteiger partial charge in [0.25, 0.3) is 5.91 Å². The average molecular weight is 265 g/mol. The zero-order chi connectivity index (χ0) is 13.9. The number of rotatable bonds is 4. The third-order valence-electron chi connectivity index (χ3n) is 2.36. The molecule has 2 N–H and O–H groups in total. The third kappa shape index (κ3) is 3.46. The van der Waals surface area contributed by atoms with E-state index in [1.807, 2.05) is 12.2 Å². The molecule has 0 aliphatic carbocycles. The van der Waals surface area contributed by atoms with Gasteiger partial charge in [0, 0.05) is 7.05 Å². The van der Waals surface area contributed by atoms with Crippen LogP contribution in [-0.2, 0) is 13.5 Å². The highest BCUT2D eigenvalue weighted by molar-refractivity contribution is 5.92. The minimum Gasteiger partial charge on any atom is -0.382 e. The largest absolute Gasteiger partial charge is 0.416 e. The van der Waals surface area contributed by atoms with Gasteiger partial charge < -0.3 is 10.4 Å². The molecule has 0 aliphatic heterocycles. The molecule has 1 amide bonds. The molecule has 1 unspecified atom stereocenters. The van der Waals surface area contributed by atoms with E-state index < -0.39 is 24.7 Å². The van der Waals surface area contributed by atoms with Crippen LogP contribution in [0.5, 0.6) is 0 Å². The summed E-state index contributed by atoms with van der Waals surface area (Å²) >= 11 is 0. The normalized spacial score (nSPS) is 13.4. The molecule has 0 saturated heterocycles. The smallest absolute Gasteiger partial charge is 0.382 e. The first-order valence-corrected chi connectivity index (χ1v) is 5.31. The van der Waals surface area contributed by atoms with E-state index in [1.54, 1.807) is 0 Å². The number of alkyl halides is 3. The molecule has 5 nitrogen and oxygen atoms in total. The van der Waals surface area contributed by atoms with Crippen LogP contribution in [0, 0.1) is 0 Å². The molecule has 0 spiro atoms. The second-order valence-corrected chi connectivity index (χ2v) is 3.77. The molecule has 0 aliphatic rings. The van der Waals surface area contributed by atoms with Crippen LogP contribution in [0.3, 0.4) is 0 Å². The van der Waals surface area contributed by atoms with Gasteiger partial charge in [0.2, 0.25) is 0 Å². The fourth-order valence-corrected chi connectivity index (χ4v) is 1.31. The number of amides is 1. The summed E-state index contributed by atoms with van der Waals surface area (Å²) in [6.45, 7) is 0.965. The van der Waals surface area contributed by atoms with E-state index in [0.29, 0.717) is 12.1 Å². The summed E-state index contributed by atoms with van der Waals surface area (Å²) in [4.78, 5) is 11.6. The van der Waals surface area contributed by atoms with Gasteiger partial charge in [0.05, 0.1) is 12.2 Å². The van der Waals surface area contributed by atoms with Gasteiger partial charge in [-0.15, -0.1) is 0 Å². The summed E-state index contributed by atoms with van der Waals surface area (Å²) in [5.41, 5.74) is 0.820. The molecule has 0 bridgehead atoms. The Morgan fingerprint density at radius 1 is 1.61 bits per heavy atom. The van der Waals surface area contributed by atoms with Crippen LogP contribution in [-0.4, -0.2) is 39.6 Å². The van der Waals surface area contributed by atoms with Gasteiger partial charge in [-0.1, -0.05) is 6.92 Å². The number of halogens is 3. The lowest BCUT2D eigenvalue weighted by Gasteiger charge is -2.14. The lowest BCUT2D eigenvalue weighted by molar-refractivity contribution is -0.201. The fourth-order valence-electron chi connectivity index (χ4n) is 1.31. The van der Waals surface area contributed by atoms with Crippen molar-refractivity contribution in [2.45, 2.75) is 25.6 Å². The first-order valence-electron chi connectivity index (χ1n) is 5.31. The van der Waals surface area contributed by atoms with E-state index in [1.165, 1.54) is 17.8 Å². The highest BCUT2D eigenvalue weighted by Gasteiger charge is 2.38. The molecule has 0 radical (unpaired) electrons. The van der Waals surface area contributed by atoms with Gasteiger partial charge in [-0.25, -0.2) is 0 Å². The second kappa shape index (κ2) is 5.38. The Balaban J connectivity index is 2.63. The summed E-state index contributed by atoms with van der Waals surface area (Å²) in [7, 11) is 1.52. The van der Waals surface area contributed by atoms with E-state index in [0.717, 1.165) is 0 Å². The molecular formula is C10H14F3N3O2. The molecule has 1 rings (SSSR count). The average Bonchev–Trinajstić information content (AvgIpc) is 2.65. The number of aliphatic hydroxyl groups is 1. The Morgan fingerprint density at radius 3 is 2.67 bits per heavy atom. The Kier molecular flexibility index (Phi) is 4.33. The first-order chi connectivity index (χ1) is 8.25. The summed E-state index contributed by atoms with van der Waals surface area (Å²) in [5, 5.41) is 14.8. The van der Waals surface area contributed by atoms with Crippen molar-refractivity contribution in [1.82, 2.24) is 15.1 Å². The van der Waals surface area contributed by atoms with E-state index in [4.69, 9.17) is 5.11 Å². The van der Waals surface area contributed by atoms with Crippen LogP contribution >= 0.6 is 0 Å². The molecule has 1 heterocycles. The Morgan fingerprint density at radius 2 is 2.22 bits per heavy atom. The highest BCUT2D eigenvalue weighted by atomic mass is 19.4. The maximum absolute atomic E-state index is 12.0. The third-order valence-corrected chi connectivity index (χ3v) is 2.36. The second-order valence-electron chi connectivity index (χ2n) is 3.77. The predicted molar refractivity (Wildman–Crippen MR) is 57.0 cm³/mol. The van der Waals surface area contributed by atoms with E-state index in [9.17, 15) is 18.0 Å². The van der Waals surface area contributed by atoms with E-state index in [2.05, 4.69) is 5.10 Å².